The van der Waals surface area contributed by atoms with Crippen molar-refractivity contribution in [2.24, 2.45) is 5.92 Å². The molecule has 1 N–H and O–H groups in total. The van der Waals surface area contributed by atoms with Gasteiger partial charge in [0.1, 0.15) is 0 Å². The van der Waals surface area contributed by atoms with Crippen LogP contribution in [-0.4, -0.2) is 30.9 Å². The number of aliphatic hydroxyl groups is 1. The number of rotatable bonds is 8. The molecule has 0 aliphatic rings. The monoisotopic (exact) mass is 299 g/mol. The van der Waals surface area contributed by atoms with Crippen molar-refractivity contribution in [3.63, 3.8) is 0 Å². The lowest BCUT2D eigenvalue weighted by Crippen LogP contribution is -2.35. The SMILES string of the molecule is CCC(C)CN(CC)S(=O)(=O)Cc1cccc(CO)c1. The third-order valence-electron chi connectivity index (χ3n) is 3.48. The first-order chi connectivity index (χ1) is 9.42. The molecule has 20 heavy (non-hydrogen) atoms. The fraction of sp³-hybridized carbons (Fsp3) is 0.600. The Morgan fingerprint density at radius 3 is 2.45 bits per heavy atom. The third-order valence-corrected chi connectivity index (χ3v) is 5.37. The minimum Gasteiger partial charge on any atom is -0.392 e. The Kier molecular flexibility index (Phi) is 6.65. The number of benzene rings is 1. The highest BCUT2D eigenvalue weighted by Gasteiger charge is 2.22. The van der Waals surface area contributed by atoms with Crippen LogP contribution in [0.1, 0.15) is 38.3 Å². The Bertz CT molecular complexity index is 514. The van der Waals surface area contributed by atoms with E-state index >= 15 is 0 Å². The van der Waals surface area contributed by atoms with Gasteiger partial charge in [-0.05, 0) is 17.0 Å². The summed E-state index contributed by atoms with van der Waals surface area (Å²) in [5.41, 5.74) is 1.46. The van der Waals surface area contributed by atoms with Crippen molar-refractivity contribution in [1.82, 2.24) is 4.31 Å². The van der Waals surface area contributed by atoms with Gasteiger partial charge in [-0.3, -0.25) is 0 Å². The molecule has 0 bridgehead atoms. The van der Waals surface area contributed by atoms with Crippen LogP contribution < -0.4 is 0 Å². The minimum atomic E-state index is -3.30. The largest absolute Gasteiger partial charge is 0.392 e. The molecule has 0 aliphatic heterocycles. The maximum Gasteiger partial charge on any atom is 0.218 e. The van der Waals surface area contributed by atoms with Crippen molar-refractivity contribution in [3.8, 4) is 0 Å². The molecule has 0 aliphatic carbocycles. The minimum absolute atomic E-state index is 0.00882. The predicted molar refractivity (Wildman–Crippen MR) is 81.7 cm³/mol. The summed E-state index contributed by atoms with van der Waals surface area (Å²) in [5, 5.41) is 9.11. The second-order valence-corrected chi connectivity index (χ2v) is 7.17. The van der Waals surface area contributed by atoms with Gasteiger partial charge in [0.2, 0.25) is 10.0 Å². The number of nitrogens with zero attached hydrogens (tertiary/aromatic N) is 1. The maximum atomic E-state index is 12.4. The summed E-state index contributed by atoms with van der Waals surface area (Å²) in [7, 11) is -3.30. The molecule has 0 radical (unpaired) electrons. The molecule has 1 atom stereocenters. The number of hydrogen-bond acceptors (Lipinski definition) is 3. The van der Waals surface area contributed by atoms with Crippen LogP contribution in [0.4, 0.5) is 0 Å². The maximum absolute atomic E-state index is 12.4. The second-order valence-electron chi connectivity index (χ2n) is 5.20. The molecule has 0 fully saturated rings. The van der Waals surface area contributed by atoms with Crippen molar-refractivity contribution in [2.75, 3.05) is 13.1 Å². The van der Waals surface area contributed by atoms with Gasteiger partial charge in [0.15, 0.2) is 0 Å². The topological polar surface area (TPSA) is 57.6 Å². The van der Waals surface area contributed by atoms with Crippen molar-refractivity contribution in [3.05, 3.63) is 35.4 Å². The molecule has 0 heterocycles. The molecule has 0 saturated carbocycles. The lowest BCUT2D eigenvalue weighted by molar-refractivity contribution is 0.281. The fourth-order valence-corrected chi connectivity index (χ4v) is 3.69. The van der Waals surface area contributed by atoms with Crippen LogP contribution in [0.15, 0.2) is 24.3 Å². The summed E-state index contributed by atoms with van der Waals surface area (Å²) < 4.78 is 26.4. The van der Waals surface area contributed by atoms with Crippen LogP contribution in [0.3, 0.4) is 0 Å². The average molecular weight is 299 g/mol. The Hall–Kier alpha value is -0.910. The first-order valence-electron chi connectivity index (χ1n) is 7.09. The van der Waals surface area contributed by atoms with E-state index in [9.17, 15) is 8.42 Å². The number of sulfonamides is 1. The van der Waals surface area contributed by atoms with Crippen molar-refractivity contribution < 1.29 is 13.5 Å². The fourth-order valence-electron chi connectivity index (χ4n) is 2.04. The summed E-state index contributed by atoms with van der Waals surface area (Å²) in [6.07, 6.45) is 0.964. The predicted octanol–water partition coefficient (Wildman–Crippen LogP) is 2.38. The summed E-state index contributed by atoms with van der Waals surface area (Å²) in [6, 6.07) is 7.09. The van der Waals surface area contributed by atoms with Gasteiger partial charge in [-0.25, -0.2) is 12.7 Å². The smallest absolute Gasteiger partial charge is 0.218 e. The lowest BCUT2D eigenvalue weighted by atomic mass is 10.1. The molecule has 1 aromatic rings. The first kappa shape index (κ1) is 17.1. The van der Waals surface area contributed by atoms with E-state index in [1.165, 1.54) is 0 Å². The van der Waals surface area contributed by atoms with E-state index in [1.807, 2.05) is 6.92 Å². The Labute approximate surface area is 122 Å². The zero-order valence-corrected chi connectivity index (χ0v) is 13.4. The van der Waals surface area contributed by atoms with Gasteiger partial charge in [0, 0.05) is 13.1 Å². The van der Waals surface area contributed by atoms with Crippen LogP contribution in [0.25, 0.3) is 0 Å². The van der Waals surface area contributed by atoms with E-state index in [-0.39, 0.29) is 12.4 Å². The molecule has 5 heteroatoms. The van der Waals surface area contributed by atoms with E-state index in [4.69, 9.17) is 5.11 Å². The van der Waals surface area contributed by atoms with Gasteiger partial charge < -0.3 is 5.11 Å². The summed E-state index contributed by atoms with van der Waals surface area (Å²) in [6.45, 7) is 6.98. The van der Waals surface area contributed by atoms with Gasteiger partial charge in [-0.15, -0.1) is 0 Å². The van der Waals surface area contributed by atoms with Gasteiger partial charge in [0.25, 0.3) is 0 Å². The summed E-state index contributed by atoms with van der Waals surface area (Å²) in [5.74, 6) is 0.346. The standard InChI is InChI=1S/C15H25NO3S/c1-4-13(3)10-16(5-2)20(18,19)12-15-8-6-7-14(9-15)11-17/h6-9,13,17H,4-5,10-12H2,1-3H3. The van der Waals surface area contributed by atoms with E-state index < -0.39 is 10.0 Å². The molecule has 1 rings (SSSR count). The van der Waals surface area contributed by atoms with Crippen LogP contribution >= 0.6 is 0 Å². The van der Waals surface area contributed by atoms with Crippen LogP contribution in [0, 0.1) is 5.92 Å². The normalized spacial score (nSPS) is 13.7. The molecule has 1 unspecified atom stereocenters. The highest BCUT2D eigenvalue weighted by molar-refractivity contribution is 7.88. The molecule has 0 amide bonds. The quantitative estimate of drug-likeness (QED) is 0.802. The Balaban J connectivity index is 2.86. The first-order valence-corrected chi connectivity index (χ1v) is 8.70. The molecule has 0 saturated heterocycles. The lowest BCUT2D eigenvalue weighted by Gasteiger charge is -2.23. The van der Waals surface area contributed by atoms with E-state index in [1.54, 1.807) is 28.6 Å². The van der Waals surface area contributed by atoms with Crippen molar-refractivity contribution in [2.45, 2.75) is 39.6 Å². The Morgan fingerprint density at radius 1 is 1.25 bits per heavy atom. The van der Waals surface area contributed by atoms with E-state index in [0.717, 1.165) is 17.5 Å². The van der Waals surface area contributed by atoms with Crippen LogP contribution in [-0.2, 0) is 22.4 Å². The molecule has 0 aromatic heterocycles. The van der Waals surface area contributed by atoms with Crippen LogP contribution in [0.2, 0.25) is 0 Å². The molecule has 4 nitrogen and oxygen atoms in total. The zero-order chi connectivity index (χ0) is 15.2. The van der Waals surface area contributed by atoms with Crippen molar-refractivity contribution >= 4 is 10.0 Å². The van der Waals surface area contributed by atoms with Gasteiger partial charge >= 0.3 is 0 Å². The van der Waals surface area contributed by atoms with Gasteiger partial charge in [0.05, 0.1) is 12.4 Å². The second kappa shape index (κ2) is 7.76. The molecular weight excluding hydrogens is 274 g/mol. The highest BCUT2D eigenvalue weighted by Crippen LogP contribution is 2.15. The molecule has 0 spiro atoms. The van der Waals surface area contributed by atoms with Gasteiger partial charge in [-0.1, -0.05) is 51.5 Å². The summed E-state index contributed by atoms with van der Waals surface area (Å²) >= 11 is 0. The highest BCUT2D eigenvalue weighted by atomic mass is 32.2. The van der Waals surface area contributed by atoms with Crippen LogP contribution in [0.5, 0.6) is 0 Å². The molecule has 1 aromatic carbocycles. The molecular formula is C15H25NO3S. The zero-order valence-electron chi connectivity index (χ0n) is 12.5. The Morgan fingerprint density at radius 2 is 1.90 bits per heavy atom. The number of aliphatic hydroxyl groups excluding tert-OH is 1. The van der Waals surface area contributed by atoms with Crippen molar-refractivity contribution in [1.29, 1.82) is 0 Å². The number of hydrogen-bond donors (Lipinski definition) is 1. The third kappa shape index (κ3) is 4.89. The van der Waals surface area contributed by atoms with Gasteiger partial charge in [-0.2, -0.15) is 0 Å². The van der Waals surface area contributed by atoms with E-state index in [0.29, 0.717) is 19.0 Å². The molecule has 114 valence electrons. The van der Waals surface area contributed by atoms with E-state index in [2.05, 4.69) is 13.8 Å². The average Bonchev–Trinajstić information content (AvgIpc) is 2.43. The summed E-state index contributed by atoms with van der Waals surface area (Å²) in [4.78, 5) is 0.